The van der Waals surface area contributed by atoms with E-state index in [1.54, 1.807) is 0 Å². The van der Waals surface area contributed by atoms with E-state index in [2.05, 4.69) is 9.80 Å². The topological polar surface area (TPSA) is 49.9 Å². The van der Waals surface area contributed by atoms with Crippen molar-refractivity contribution in [3.8, 4) is 0 Å². The number of esters is 1. The second-order valence-electron chi connectivity index (χ2n) is 6.07. The van der Waals surface area contributed by atoms with Crippen LogP contribution in [0.4, 0.5) is 0 Å². The predicted octanol–water partition coefficient (Wildman–Crippen LogP) is 1.17. The number of rotatable bonds is 3. The average molecular weight is 280 g/mol. The largest absolute Gasteiger partial charge is 0.464 e. The molecule has 0 saturated carbocycles. The summed E-state index contributed by atoms with van der Waals surface area (Å²) in [5.74, 6) is 0.191. The first-order chi connectivity index (χ1) is 9.72. The molecule has 0 unspecified atom stereocenters. The Hall–Kier alpha value is -1.10. The fraction of sp³-hybridized carbons (Fsp3) is 0.867. The van der Waals surface area contributed by atoms with Crippen molar-refractivity contribution >= 4 is 11.9 Å². The van der Waals surface area contributed by atoms with Crippen LogP contribution in [0.5, 0.6) is 0 Å². The molecule has 3 rings (SSSR count). The Morgan fingerprint density at radius 1 is 1.20 bits per heavy atom. The van der Waals surface area contributed by atoms with Gasteiger partial charge < -0.3 is 9.64 Å². The highest BCUT2D eigenvalue weighted by atomic mass is 16.5. The van der Waals surface area contributed by atoms with Crippen LogP contribution in [-0.4, -0.2) is 59.5 Å². The van der Waals surface area contributed by atoms with Gasteiger partial charge in [-0.3, -0.25) is 14.5 Å². The number of carbonyl (C=O) groups is 2. The molecule has 5 nitrogen and oxygen atoms in total. The molecule has 1 amide bonds. The molecule has 0 N–H and O–H groups in total. The van der Waals surface area contributed by atoms with Crippen molar-refractivity contribution in [3.05, 3.63) is 0 Å². The van der Waals surface area contributed by atoms with Crippen molar-refractivity contribution in [3.63, 3.8) is 0 Å². The molecule has 3 heterocycles. The Kier molecular flexibility index (Phi) is 3.96. The Morgan fingerprint density at radius 3 is 2.65 bits per heavy atom. The summed E-state index contributed by atoms with van der Waals surface area (Å²) in [5, 5.41) is 0. The maximum Gasteiger partial charge on any atom is 0.323 e. The molecule has 0 aromatic carbocycles. The van der Waals surface area contributed by atoms with E-state index >= 15 is 0 Å². The van der Waals surface area contributed by atoms with Gasteiger partial charge in [-0.2, -0.15) is 0 Å². The molecule has 3 fully saturated rings. The van der Waals surface area contributed by atoms with Crippen LogP contribution in [0, 0.1) is 0 Å². The summed E-state index contributed by atoms with van der Waals surface area (Å²) in [6, 6.07) is 0.587. The molecular formula is C15H24N2O3. The molecule has 3 aliphatic heterocycles. The summed E-state index contributed by atoms with van der Waals surface area (Å²) >= 11 is 0. The van der Waals surface area contributed by atoms with Crippen molar-refractivity contribution in [1.82, 2.24) is 9.80 Å². The molecule has 20 heavy (non-hydrogen) atoms. The molecule has 0 spiro atoms. The minimum absolute atomic E-state index is 0.0664. The van der Waals surface area contributed by atoms with Crippen LogP contribution in [-0.2, 0) is 14.3 Å². The van der Waals surface area contributed by atoms with Gasteiger partial charge in [-0.25, -0.2) is 0 Å². The standard InChI is InChI=1S/C15H24N2O3/c1-2-14(18)17-9-4-6-12(17)11-5-3-8-16(11)13-7-10-20-15(13)19/h11-13H,2-10H2,1H3/t11-,12-,13+/m1/s1. The molecule has 0 aromatic heterocycles. The van der Waals surface area contributed by atoms with Gasteiger partial charge in [-0.05, 0) is 32.2 Å². The number of hydrogen-bond donors (Lipinski definition) is 0. The number of ether oxygens (including phenoxy) is 1. The SMILES string of the molecule is CCC(=O)N1CCC[C@@H]1[C@H]1CCCN1[C@H]1CCOC1=O. The molecule has 3 saturated heterocycles. The van der Waals surface area contributed by atoms with Crippen molar-refractivity contribution in [2.24, 2.45) is 0 Å². The second kappa shape index (κ2) is 5.72. The van der Waals surface area contributed by atoms with Gasteiger partial charge in [0.2, 0.25) is 5.91 Å². The van der Waals surface area contributed by atoms with E-state index in [0.717, 1.165) is 45.2 Å². The Bertz CT molecular complexity index is 399. The number of likely N-dealkylation sites (tertiary alicyclic amines) is 2. The minimum Gasteiger partial charge on any atom is -0.464 e. The van der Waals surface area contributed by atoms with Crippen LogP contribution in [0.2, 0.25) is 0 Å². The third kappa shape index (κ3) is 2.32. The highest BCUT2D eigenvalue weighted by Crippen LogP contribution is 2.33. The number of hydrogen-bond acceptors (Lipinski definition) is 4. The van der Waals surface area contributed by atoms with E-state index in [0.29, 0.717) is 25.1 Å². The van der Waals surface area contributed by atoms with Crippen molar-refractivity contribution in [2.75, 3.05) is 19.7 Å². The fourth-order valence-corrected chi connectivity index (χ4v) is 4.11. The molecule has 0 radical (unpaired) electrons. The maximum atomic E-state index is 12.1. The van der Waals surface area contributed by atoms with Crippen LogP contribution >= 0.6 is 0 Å². The summed E-state index contributed by atoms with van der Waals surface area (Å²) in [6.07, 6.45) is 5.78. The average Bonchev–Trinajstić information content (AvgIpc) is 3.15. The Labute approximate surface area is 120 Å². The molecule has 0 aliphatic carbocycles. The van der Waals surface area contributed by atoms with E-state index in [1.165, 1.54) is 0 Å². The van der Waals surface area contributed by atoms with Crippen LogP contribution in [0.1, 0.15) is 45.4 Å². The van der Waals surface area contributed by atoms with Gasteiger partial charge in [0.05, 0.1) is 6.61 Å². The Morgan fingerprint density at radius 2 is 1.95 bits per heavy atom. The molecule has 0 bridgehead atoms. The van der Waals surface area contributed by atoms with Gasteiger partial charge in [-0.1, -0.05) is 6.92 Å². The highest BCUT2D eigenvalue weighted by molar-refractivity contribution is 5.78. The van der Waals surface area contributed by atoms with Crippen LogP contribution < -0.4 is 0 Å². The summed E-state index contributed by atoms with van der Waals surface area (Å²) in [6.45, 7) is 4.33. The van der Waals surface area contributed by atoms with E-state index in [1.807, 2.05) is 6.92 Å². The lowest BCUT2D eigenvalue weighted by Gasteiger charge is -2.36. The van der Waals surface area contributed by atoms with E-state index in [-0.39, 0.29) is 17.9 Å². The number of amides is 1. The van der Waals surface area contributed by atoms with Crippen molar-refractivity contribution in [2.45, 2.75) is 63.6 Å². The van der Waals surface area contributed by atoms with Crippen LogP contribution in [0.3, 0.4) is 0 Å². The van der Waals surface area contributed by atoms with Gasteiger partial charge in [-0.15, -0.1) is 0 Å². The van der Waals surface area contributed by atoms with Gasteiger partial charge in [0.25, 0.3) is 0 Å². The fourth-order valence-electron chi connectivity index (χ4n) is 4.11. The Balaban J connectivity index is 1.74. The van der Waals surface area contributed by atoms with Crippen molar-refractivity contribution < 1.29 is 14.3 Å². The van der Waals surface area contributed by atoms with E-state index in [9.17, 15) is 9.59 Å². The summed E-state index contributed by atoms with van der Waals surface area (Å²) < 4.78 is 5.12. The zero-order valence-electron chi connectivity index (χ0n) is 12.2. The number of nitrogens with zero attached hydrogens (tertiary/aromatic N) is 2. The molecule has 112 valence electrons. The lowest BCUT2D eigenvalue weighted by atomic mass is 10.0. The van der Waals surface area contributed by atoms with Gasteiger partial charge in [0.15, 0.2) is 0 Å². The lowest BCUT2D eigenvalue weighted by Crippen LogP contribution is -2.52. The smallest absolute Gasteiger partial charge is 0.323 e. The summed E-state index contributed by atoms with van der Waals surface area (Å²) in [7, 11) is 0. The van der Waals surface area contributed by atoms with Crippen LogP contribution in [0.15, 0.2) is 0 Å². The molecule has 5 heteroatoms. The van der Waals surface area contributed by atoms with E-state index in [4.69, 9.17) is 4.74 Å². The maximum absolute atomic E-state index is 12.1. The highest BCUT2D eigenvalue weighted by Gasteiger charge is 2.44. The van der Waals surface area contributed by atoms with Crippen molar-refractivity contribution in [1.29, 1.82) is 0 Å². The van der Waals surface area contributed by atoms with Crippen LogP contribution in [0.25, 0.3) is 0 Å². The van der Waals surface area contributed by atoms with Gasteiger partial charge in [0, 0.05) is 31.5 Å². The first-order valence-electron chi connectivity index (χ1n) is 7.94. The number of cyclic esters (lactones) is 1. The third-order valence-electron chi connectivity index (χ3n) is 5.02. The first kappa shape index (κ1) is 13.9. The third-order valence-corrected chi connectivity index (χ3v) is 5.02. The first-order valence-corrected chi connectivity index (χ1v) is 7.94. The zero-order valence-corrected chi connectivity index (χ0v) is 12.2. The number of carbonyl (C=O) groups excluding carboxylic acids is 2. The molecule has 3 aliphatic rings. The molecule has 0 aromatic rings. The molecule has 3 atom stereocenters. The monoisotopic (exact) mass is 280 g/mol. The van der Waals surface area contributed by atoms with Gasteiger partial charge >= 0.3 is 5.97 Å². The van der Waals surface area contributed by atoms with Gasteiger partial charge in [0.1, 0.15) is 6.04 Å². The summed E-state index contributed by atoms with van der Waals surface area (Å²) in [4.78, 5) is 28.3. The molecular weight excluding hydrogens is 256 g/mol. The predicted molar refractivity (Wildman–Crippen MR) is 74.1 cm³/mol. The zero-order chi connectivity index (χ0) is 14.1. The second-order valence-corrected chi connectivity index (χ2v) is 6.07. The lowest BCUT2D eigenvalue weighted by molar-refractivity contribution is -0.143. The minimum atomic E-state index is -0.0679. The van der Waals surface area contributed by atoms with E-state index < -0.39 is 0 Å². The summed E-state index contributed by atoms with van der Waals surface area (Å²) in [5.41, 5.74) is 0. The quantitative estimate of drug-likeness (QED) is 0.728. The normalized spacial score (nSPS) is 34.8.